The van der Waals surface area contributed by atoms with Crippen LogP contribution in [0.2, 0.25) is 0 Å². The van der Waals surface area contributed by atoms with Crippen molar-refractivity contribution in [2.45, 2.75) is 70.5 Å². The number of nitrogens with zero attached hydrogens (tertiary/aromatic N) is 1. The number of rotatable bonds is 8. The highest BCUT2D eigenvalue weighted by Crippen LogP contribution is 2.38. The van der Waals surface area contributed by atoms with Crippen molar-refractivity contribution in [1.82, 2.24) is 10.2 Å². The number of ether oxygens (including phenoxy) is 1. The Labute approximate surface area is 119 Å². The predicted octanol–water partition coefficient (Wildman–Crippen LogP) is 2.65. The summed E-state index contributed by atoms with van der Waals surface area (Å²) in [6, 6.07) is 2.24. The van der Waals surface area contributed by atoms with Crippen molar-refractivity contribution in [3.8, 4) is 0 Å². The van der Waals surface area contributed by atoms with Crippen LogP contribution < -0.4 is 5.32 Å². The third-order valence-electron chi connectivity index (χ3n) is 5.01. The predicted molar refractivity (Wildman–Crippen MR) is 80.5 cm³/mol. The quantitative estimate of drug-likeness (QED) is 0.685. The lowest BCUT2D eigenvalue weighted by Gasteiger charge is -2.40. The van der Waals surface area contributed by atoms with Crippen LogP contribution in [0.5, 0.6) is 0 Å². The second-order valence-electron chi connectivity index (χ2n) is 6.42. The van der Waals surface area contributed by atoms with Gasteiger partial charge in [-0.15, -0.1) is 0 Å². The molecule has 3 heteroatoms. The molecule has 19 heavy (non-hydrogen) atoms. The van der Waals surface area contributed by atoms with E-state index in [0.717, 1.165) is 44.2 Å². The summed E-state index contributed by atoms with van der Waals surface area (Å²) in [5, 5.41) is 3.74. The van der Waals surface area contributed by atoms with E-state index in [1.54, 1.807) is 0 Å². The zero-order valence-corrected chi connectivity index (χ0v) is 13.0. The van der Waals surface area contributed by atoms with Crippen LogP contribution in [0.25, 0.3) is 0 Å². The molecule has 3 nitrogen and oxygen atoms in total. The smallest absolute Gasteiger partial charge is 0.0622 e. The van der Waals surface area contributed by atoms with Crippen LogP contribution in [0.1, 0.15) is 52.4 Å². The zero-order chi connectivity index (χ0) is 13.7. The van der Waals surface area contributed by atoms with Crippen LogP contribution in [0.4, 0.5) is 0 Å². The van der Waals surface area contributed by atoms with Gasteiger partial charge in [-0.1, -0.05) is 13.8 Å². The molecule has 0 spiro atoms. The number of hydrogen-bond donors (Lipinski definition) is 1. The van der Waals surface area contributed by atoms with Crippen molar-refractivity contribution in [1.29, 1.82) is 0 Å². The van der Waals surface area contributed by atoms with Gasteiger partial charge in [0.25, 0.3) is 0 Å². The van der Waals surface area contributed by atoms with E-state index in [-0.39, 0.29) is 0 Å². The molecule has 3 atom stereocenters. The van der Waals surface area contributed by atoms with Crippen LogP contribution in [0.3, 0.4) is 0 Å². The summed E-state index contributed by atoms with van der Waals surface area (Å²) >= 11 is 0. The Morgan fingerprint density at radius 2 is 1.84 bits per heavy atom. The topological polar surface area (TPSA) is 24.5 Å². The lowest BCUT2D eigenvalue weighted by Crippen LogP contribution is -2.49. The fourth-order valence-corrected chi connectivity index (χ4v) is 3.83. The van der Waals surface area contributed by atoms with Crippen LogP contribution >= 0.6 is 0 Å². The molecule has 2 heterocycles. The largest absolute Gasteiger partial charge is 0.380 e. The molecule has 1 N–H and O–H groups in total. The van der Waals surface area contributed by atoms with Gasteiger partial charge in [0.05, 0.1) is 6.61 Å². The van der Waals surface area contributed by atoms with E-state index in [4.69, 9.17) is 4.74 Å². The van der Waals surface area contributed by atoms with Crippen molar-refractivity contribution < 1.29 is 4.74 Å². The summed E-state index contributed by atoms with van der Waals surface area (Å²) in [5.41, 5.74) is 0. The van der Waals surface area contributed by atoms with E-state index >= 15 is 0 Å². The highest BCUT2D eigenvalue weighted by molar-refractivity contribution is 4.96. The average molecular weight is 268 g/mol. The maximum Gasteiger partial charge on any atom is 0.0622 e. The number of nitrogens with one attached hydrogen (secondary N) is 1. The van der Waals surface area contributed by atoms with Gasteiger partial charge in [-0.25, -0.2) is 0 Å². The molecular formula is C16H32N2O. The Balaban J connectivity index is 1.86. The Hall–Kier alpha value is -0.120. The minimum Gasteiger partial charge on any atom is -0.380 e. The Morgan fingerprint density at radius 1 is 1.16 bits per heavy atom. The van der Waals surface area contributed by atoms with E-state index in [0.29, 0.717) is 6.04 Å². The SMILES string of the molecule is CCCNC(COCCC)C1CC2CCC(C1)N2C. The van der Waals surface area contributed by atoms with Gasteiger partial charge in [0.15, 0.2) is 0 Å². The molecule has 0 aliphatic carbocycles. The first-order valence-corrected chi connectivity index (χ1v) is 8.29. The summed E-state index contributed by atoms with van der Waals surface area (Å²) in [7, 11) is 2.32. The van der Waals surface area contributed by atoms with Crippen molar-refractivity contribution >= 4 is 0 Å². The minimum atomic E-state index is 0.572. The van der Waals surface area contributed by atoms with Crippen molar-refractivity contribution in [3.63, 3.8) is 0 Å². The lowest BCUT2D eigenvalue weighted by atomic mass is 9.85. The normalized spacial score (nSPS) is 32.7. The summed E-state index contributed by atoms with van der Waals surface area (Å²) in [6.07, 6.45) is 7.89. The highest BCUT2D eigenvalue weighted by atomic mass is 16.5. The highest BCUT2D eigenvalue weighted by Gasteiger charge is 2.40. The van der Waals surface area contributed by atoms with Gasteiger partial charge in [-0.2, -0.15) is 0 Å². The van der Waals surface area contributed by atoms with E-state index in [1.165, 1.54) is 32.1 Å². The molecule has 112 valence electrons. The van der Waals surface area contributed by atoms with E-state index in [9.17, 15) is 0 Å². The molecule has 2 aliphatic rings. The second kappa shape index (κ2) is 7.61. The molecule has 2 bridgehead atoms. The molecule has 0 aromatic heterocycles. The van der Waals surface area contributed by atoms with Crippen LogP contribution in [-0.2, 0) is 4.74 Å². The summed E-state index contributed by atoms with van der Waals surface area (Å²) in [6.45, 7) is 7.37. The number of piperidine rings is 1. The average Bonchev–Trinajstić information content (AvgIpc) is 2.65. The molecular weight excluding hydrogens is 236 g/mol. The standard InChI is InChI=1S/C16H32N2O/c1-4-8-17-16(12-19-9-5-2)13-10-14-6-7-15(11-13)18(14)3/h13-17H,4-12H2,1-3H3. The molecule has 0 aromatic carbocycles. The Kier molecular flexibility index (Phi) is 6.11. The zero-order valence-electron chi connectivity index (χ0n) is 13.0. The third-order valence-corrected chi connectivity index (χ3v) is 5.01. The first kappa shape index (κ1) is 15.3. The second-order valence-corrected chi connectivity index (χ2v) is 6.42. The van der Waals surface area contributed by atoms with Crippen molar-refractivity contribution in [3.05, 3.63) is 0 Å². The summed E-state index contributed by atoms with van der Waals surface area (Å²) < 4.78 is 5.84. The first-order valence-electron chi connectivity index (χ1n) is 8.29. The lowest BCUT2D eigenvalue weighted by molar-refractivity contribution is 0.0566. The van der Waals surface area contributed by atoms with Crippen molar-refractivity contribution in [2.75, 3.05) is 26.8 Å². The molecule has 0 saturated carbocycles. The third kappa shape index (κ3) is 3.93. The maximum absolute atomic E-state index is 5.84. The van der Waals surface area contributed by atoms with E-state index in [1.807, 2.05) is 0 Å². The van der Waals surface area contributed by atoms with Crippen LogP contribution in [0.15, 0.2) is 0 Å². The van der Waals surface area contributed by atoms with Gasteiger partial charge < -0.3 is 15.0 Å². The fourth-order valence-electron chi connectivity index (χ4n) is 3.83. The maximum atomic E-state index is 5.84. The molecule has 0 amide bonds. The molecule has 0 radical (unpaired) electrons. The van der Waals surface area contributed by atoms with Gasteiger partial charge >= 0.3 is 0 Å². The van der Waals surface area contributed by atoms with Crippen molar-refractivity contribution in [2.24, 2.45) is 5.92 Å². The van der Waals surface area contributed by atoms with E-state index in [2.05, 4.69) is 31.1 Å². The van der Waals surface area contributed by atoms with E-state index < -0.39 is 0 Å². The van der Waals surface area contributed by atoms with Crippen LogP contribution in [0, 0.1) is 5.92 Å². The fraction of sp³-hybridized carbons (Fsp3) is 1.00. The molecule has 2 rings (SSSR count). The number of hydrogen-bond acceptors (Lipinski definition) is 3. The van der Waals surface area contributed by atoms with Gasteiger partial charge in [0.1, 0.15) is 0 Å². The van der Waals surface area contributed by atoms with Gasteiger partial charge in [0.2, 0.25) is 0 Å². The Morgan fingerprint density at radius 3 is 2.42 bits per heavy atom. The molecule has 0 aromatic rings. The molecule has 2 aliphatic heterocycles. The van der Waals surface area contributed by atoms with Gasteiger partial charge in [-0.05, 0) is 58.0 Å². The number of fused-ring (bicyclic) bond motifs is 2. The molecule has 2 fully saturated rings. The minimum absolute atomic E-state index is 0.572. The summed E-state index contributed by atoms with van der Waals surface area (Å²) in [4.78, 5) is 2.63. The van der Waals surface area contributed by atoms with Gasteiger partial charge in [0, 0.05) is 24.7 Å². The van der Waals surface area contributed by atoms with Crippen LogP contribution in [-0.4, -0.2) is 49.8 Å². The molecule has 3 unspecified atom stereocenters. The monoisotopic (exact) mass is 268 g/mol. The Bertz CT molecular complexity index is 245. The van der Waals surface area contributed by atoms with Gasteiger partial charge in [-0.3, -0.25) is 0 Å². The summed E-state index contributed by atoms with van der Waals surface area (Å²) in [5.74, 6) is 0.817. The molecule has 2 saturated heterocycles. The first-order chi connectivity index (χ1) is 9.26.